The average molecular weight is 555 g/mol. The Kier molecular flexibility index (Phi) is 10.0. The molecular formula is C34H42N4O3. The number of nitrogens with zero attached hydrogens (tertiary/aromatic N) is 3. The van der Waals surface area contributed by atoms with Crippen molar-refractivity contribution in [1.29, 1.82) is 0 Å². The van der Waals surface area contributed by atoms with Crippen molar-refractivity contribution in [3.05, 3.63) is 89.0 Å². The van der Waals surface area contributed by atoms with Crippen LogP contribution in [-0.2, 0) is 17.6 Å². The largest absolute Gasteiger partial charge is 0.490 e. The zero-order chi connectivity index (χ0) is 28.4. The molecule has 1 amide bonds. The van der Waals surface area contributed by atoms with Gasteiger partial charge in [-0.2, -0.15) is 0 Å². The number of rotatable bonds is 12. The molecule has 3 aromatic rings. The zero-order valence-electron chi connectivity index (χ0n) is 24.4. The Hall–Kier alpha value is -3.68. The van der Waals surface area contributed by atoms with Gasteiger partial charge in [0.1, 0.15) is 6.54 Å². The van der Waals surface area contributed by atoms with Crippen LogP contribution in [0, 0.1) is 0 Å². The van der Waals surface area contributed by atoms with Crippen LogP contribution in [0.4, 0.5) is 5.69 Å². The molecule has 7 heteroatoms. The number of benzodiazepines with no additional fused rings is 1. The third-order valence-electron chi connectivity index (χ3n) is 7.79. The summed E-state index contributed by atoms with van der Waals surface area (Å²) >= 11 is 0. The van der Waals surface area contributed by atoms with Crippen LogP contribution in [-0.4, -0.2) is 80.4 Å². The van der Waals surface area contributed by atoms with Crippen molar-refractivity contribution >= 4 is 17.3 Å². The van der Waals surface area contributed by atoms with Crippen LogP contribution in [0.2, 0.25) is 0 Å². The smallest absolute Gasteiger partial charge is 0.246 e. The normalized spacial score (nSPS) is 16.0. The van der Waals surface area contributed by atoms with Crippen LogP contribution >= 0.6 is 0 Å². The second-order valence-electron chi connectivity index (χ2n) is 10.6. The number of aryl methyl sites for hydroxylation is 1. The number of carbonyl (C=O) groups is 1. The number of hydrogen-bond donors (Lipinski definition) is 1. The summed E-state index contributed by atoms with van der Waals surface area (Å²) in [6.45, 7) is 11.9. The van der Waals surface area contributed by atoms with E-state index in [1.807, 2.05) is 26.0 Å². The lowest BCUT2D eigenvalue weighted by Gasteiger charge is -2.34. The van der Waals surface area contributed by atoms with E-state index < -0.39 is 0 Å². The molecule has 0 spiro atoms. The van der Waals surface area contributed by atoms with Crippen LogP contribution in [0.1, 0.15) is 42.5 Å². The van der Waals surface area contributed by atoms with E-state index in [0.717, 1.165) is 75.4 Å². The Morgan fingerprint density at radius 2 is 1.41 bits per heavy atom. The predicted molar refractivity (Wildman–Crippen MR) is 166 cm³/mol. The Morgan fingerprint density at radius 1 is 0.780 bits per heavy atom. The van der Waals surface area contributed by atoms with E-state index in [2.05, 4.69) is 74.7 Å². The van der Waals surface area contributed by atoms with E-state index in [4.69, 9.17) is 9.47 Å². The molecule has 0 saturated carbocycles. The molecule has 0 bridgehead atoms. The van der Waals surface area contributed by atoms with E-state index in [0.29, 0.717) is 30.4 Å². The fraction of sp³-hybridized carbons (Fsp3) is 0.412. The molecule has 0 aromatic heterocycles. The molecule has 7 nitrogen and oxygen atoms in total. The summed E-state index contributed by atoms with van der Waals surface area (Å²) in [6.07, 6.45) is 3.32. The zero-order valence-corrected chi connectivity index (χ0v) is 24.4. The minimum Gasteiger partial charge on any atom is -0.490 e. The van der Waals surface area contributed by atoms with Gasteiger partial charge in [0.15, 0.2) is 11.5 Å². The molecule has 0 unspecified atom stereocenters. The van der Waals surface area contributed by atoms with Gasteiger partial charge < -0.3 is 24.6 Å². The predicted octanol–water partition coefficient (Wildman–Crippen LogP) is 5.07. The number of hydrogen-bond acceptors (Lipinski definition) is 6. The van der Waals surface area contributed by atoms with Crippen molar-refractivity contribution in [2.45, 2.75) is 33.1 Å². The van der Waals surface area contributed by atoms with Crippen molar-refractivity contribution < 1.29 is 14.3 Å². The molecule has 2 aliphatic heterocycles. The highest BCUT2D eigenvalue weighted by atomic mass is 16.5. The molecule has 2 heterocycles. The molecule has 3 aromatic carbocycles. The fourth-order valence-corrected chi connectivity index (χ4v) is 5.57. The molecule has 0 aliphatic carbocycles. The number of carbonyl (C=O) groups excluding carboxylic acids is 1. The van der Waals surface area contributed by atoms with E-state index in [1.54, 1.807) is 0 Å². The van der Waals surface area contributed by atoms with Crippen molar-refractivity contribution in [2.24, 2.45) is 4.99 Å². The summed E-state index contributed by atoms with van der Waals surface area (Å²) in [6, 6.07) is 23.2. The average Bonchev–Trinajstić information content (AvgIpc) is 3.16. The van der Waals surface area contributed by atoms with Gasteiger partial charge in [-0.25, -0.2) is 0 Å². The Morgan fingerprint density at radius 3 is 2.10 bits per heavy atom. The van der Waals surface area contributed by atoms with E-state index in [1.165, 1.54) is 11.1 Å². The second kappa shape index (κ2) is 14.3. The van der Waals surface area contributed by atoms with Gasteiger partial charge in [0.25, 0.3) is 0 Å². The number of anilines is 1. The number of ether oxygens (including phenoxy) is 2. The third-order valence-corrected chi connectivity index (χ3v) is 7.79. The number of fused-ring (bicyclic) bond motifs is 1. The number of piperazine rings is 1. The van der Waals surface area contributed by atoms with Gasteiger partial charge in [-0.05, 0) is 56.8 Å². The van der Waals surface area contributed by atoms with Crippen molar-refractivity contribution in [3.63, 3.8) is 0 Å². The molecule has 41 heavy (non-hydrogen) atoms. The lowest BCUT2D eigenvalue weighted by atomic mass is 9.98. The minimum atomic E-state index is -0.137. The highest BCUT2D eigenvalue weighted by Crippen LogP contribution is 2.36. The molecule has 5 rings (SSSR count). The third kappa shape index (κ3) is 7.75. The first-order chi connectivity index (χ1) is 20.1. The van der Waals surface area contributed by atoms with Gasteiger partial charge in [-0.15, -0.1) is 0 Å². The lowest BCUT2D eigenvalue weighted by Crippen LogP contribution is -2.47. The van der Waals surface area contributed by atoms with Crippen molar-refractivity contribution in [2.75, 3.05) is 64.3 Å². The summed E-state index contributed by atoms with van der Waals surface area (Å²) in [5.41, 5.74) is 6.07. The van der Waals surface area contributed by atoms with Gasteiger partial charge in [0.05, 0.1) is 24.6 Å². The number of aliphatic imine (C=N–C) groups is 1. The Labute approximate surface area is 244 Å². The molecular weight excluding hydrogens is 512 g/mol. The van der Waals surface area contributed by atoms with Gasteiger partial charge in [0, 0.05) is 49.9 Å². The van der Waals surface area contributed by atoms with E-state index >= 15 is 0 Å². The quantitative estimate of drug-likeness (QED) is 0.339. The SMILES string of the molecule is CCOc1cc2c(cc1OCC)C(c1ccc(CCCN3CCN(CCc4ccccc4)CC3)cc1)=NCC(=O)N2. The van der Waals surface area contributed by atoms with Gasteiger partial charge in [0.2, 0.25) is 5.91 Å². The first-order valence-electron chi connectivity index (χ1n) is 15.0. The number of nitrogens with one attached hydrogen (secondary N) is 1. The molecule has 1 N–H and O–H groups in total. The second-order valence-corrected chi connectivity index (χ2v) is 10.6. The highest BCUT2D eigenvalue weighted by Gasteiger charge is 2.22. The fourth-order valence-electron chi connectivity index (χ4n) is 5.57. The van der Waals surface area contributed by atoms with Gasteiger partial charge in [-0.1, -0.05) is 54.6 Å². The minimum absolute atomic E-state index is 0.0826. The first-order valence-corrected chi connectivity index (χ1v) is 15.0. The molecule has 2 aliphatic rings. The standard InChI is InChI=1S/C34H42N4O3/c1-3-40-31-23-29-30(24-32(31)41-4-2)36-33(39)25-35-34(29)28-14-12-27(13-15-28)11-8-17-37-19-21-38(22-20-37)18-16-26-9-6-5-7-10-26/h5-7,9-10,12-15,23-24H,3-4,8,11,16-22,25H2,1-2H3,(H,36,39). The van der Waals surface area contributed by atoms with Gasteiger partial charge >= 0.3 is 0 Å². The Balaban J connectivity index is 1.15. The number of benzene rings is 3. The number of amides is 1. The molecule has 1 saturated heterocycles. The molecule has 0 atom stereocenters. The lowest BCUT2D eigenvalue weighted by molar-refractivity contribution is -0.114. The molecule has 216 valence electrons. The Bertz CT molecular complexity index is 1320. The van der Waals surface area contributed by atoms with E-state index in [9.17, 15) is 4.79 Å². The van der Waals surface area contributed by atoms with Crippen LogP contribution in [0.5, 0.6) is 11.5 Å². The van der Waals surface area contributed by atoms with Crippen molar-refractivity contribution in [1.82, 2.24) is 9.80 Å². The van der Waals surface area contributed by atoms with E-state index in [-0.39, 0.29) is 12.5 Å². The highest BCUT2D eigenvalue weighted by molar-refractivity contribution is 6.19. The molecule has 0 radical (unpaired) electrons. The summed E-state index contributed by atoms with van der Waals surface area (Å²) in [5, 5.41) is 2.98. The topological polar surface area (TPSA) is 66.4 Å². The monoisotopic (exact) mass is 554 g/mol. The van der Waals surface area contributed by atoms with Crippen molar-refractivity contribution in [3.8, 4) is 11.5 Å². The van der Waals surface area contributed by atoms with Crippen LogP contribution in [0.3, 0.4) is 0 Å². The van der Waals surface area contributed by atoms with Crippen LogP contribution in [0.25, 0.3) is 0 Å². The summed E-state index contributed by atoms with van der Waals surface area (Å²) in [5.74, 6) is 1.14. The molecule has 1 fully saturated rings. The maximum absolute atomic E-state index is 12.4. The summed E-state index contributed by atoms with van der Waals surface area (Å²) in [7, 11) is 0. The van der Waals surface area contributed by atoms with Crippen LogP contribution < -0.4 is 14.8 Å². The first kappa shape index (κ1) is 28.8. The maximum Gasteiger partial charge on any atom is 0.246 e. The summed E-state index contributed by atoms with van der Waals surface area (Å²) in [4.78, 5) is 22.3. The summed E-state index contributed by atoms with van der Waals surface area (Å²) < 4.78 is 11.6. The maximum atomic E-state index is 12.4. The van der Waals surface area contributed by atoms with Crippen LogP contribution in [0.15, 0.2) is 71.7 Å². The van der Waals surface area contributed by atoms with Gasteiger partial charge in [-0.3, -0.25) is 9.79 Å².